The van der Waals surface area contributed by atoms with Gasteiger partial charge in [0, 0.05) is 12.7 Å². The number of nitrogens with zero attached hydrogens (tertiary/aromatic N) is 2. The van der Waals surface area contributed by atoms with E-state index >= 15 is 0 Å². The van der Waals surface area contributed by atoms with Crippen LogP contribution in [0.25, 0.3) is 0 Å². The van der Waals surface area contributed by atoms with Crippen molar-refractivity contribution < 1.29 is 14.3 Å². The number of carbonyl (C=O) groups excluding carboxylic acids is 2. The number of ether oxygens (including phenoxy) is 1. The maximum Gasteiger partial charge on any atom is 0.323 e. The molecule has 7 heteroatoms. The van der Waals surface area contributed by atoms with E-state index in [-0.39, 0.29) is 23.6 Å². The molecule has 1 aliphatic heterocycles. The molecule has 1 N–H and O–H groups in total. The number of methoxy groups -OCH3 is 1. The number of esters is 1. The number of carbonyl (C=O) groups is 2. The van der Waals surface area contributed by atoms with Gasteiger partial charge in [0.2, 0.25) is 5.91 Å². The van der Waals surface area contributed by atoms with Crippen molar-refractivity contribution in [1.82, 2.24) is 9.88 Å². The van der Waals surface area contributed by atoms with Crippen LogP contribution in [0, 0.1) is 0 Å². The van der Waals surface area contributed by atoms with Crippen LogP contribution in [0.15, 0.2) is 42.6 Å². The third-order valence-corrected chi connectivity index (χ3v) is 4.50. The van der Waals surface area contributed by atoms with Crippen LogP contribution in [-0.4, -0.2) is 41.5 Å². The molecule has 0 spiro atoms. The number of aromatic nitrogens is 1. The highest BCUT2D eigenvalue weighted by atomic mass is 35.5. The van der Waals surface area contributed by atoms with Crippen molar-refractivity contribution in [3.05, 3.63) is 58.9 Å². The Hall–Kier alpha value is -2.44. The summed E-state index contributed by atoms with van der Waals surface area (Å²) in [6.45, 7) is 0.559. The molecule has 25 heavy (non-hydrogen) atoms. The highest BCUT2D eigenvalue weighted by Gasteiger charge is 2.33. The number of amides is 1. The number of benzene rings is 1. The second-order valence-corrected chi connectivity index (χ2v) is 6.16. The number of pyridine rings is 1. The first-order chi connectivity index (χ1) is 12.1. The highest BCUT2D eigenvalue weighted by Crippen LogP contribution is 2.24. The smallest absolute Gasteiger partial charge is 0.323 e. The lowest BCUT2D eigenvalue weighted by molar-refractivity contribution is -0.148. The molecule has 2 heterocycles. The van der Waals surface area contributed by atoms with Crippen LogP contribution in [-0.2, 0) is 27.3 Å². The minimum atomic E-state index is -0.491. The van der Waals surface area contributed by atoms with Crippen LogP contribution in [0.1, 0.15) is 11.1 Å². The molecular weight excluding hydrogens is 342 g/mol. The fourth-order valence-corrected chi connectivity index (χ4v) is 3.13. The Morgan fingerprint density at radius 2 is 2.04 bits per heavy atom. The van der Waals surface area contributed by atoms with Crippen LogP contribution in [0.2, 0.25) is 5.15 Å². The average Bonchev–Trinajstić information content (AvgIpc) is 2.62. The molecule has 130 valence electrons. The minimum Gasteiger partial charge on any atom is -0.468 e. The van der Waals surface area contributed by atoms with Gasteiger partial charge < -0.3 is 10.1 Å². The summed E-state index contributed by atoms with van der Waals surface area (Å²) in [5.41, 5.74) is 2.65. The Morgan fingerprint density at radius 1 is 1.28 bits per heavy atom. The third kappa shape index (κ3) is 3.97. The van der Waals surface area contributed by atoms with Crippen LogP contribution < -0.4 is 5.32 Å². The van der Waals surface area contributed by atoms with E-state index in [0.717, 1.165) is 11.1 Å². The number of anilines is 1. The Bertz CT molecular complexity index is 797. The predicted octanol–water partition coefficient (Wildman–Crippen LogP) is 2.27. The maximum atomic E-state index is 12.4. The third-order valence-electron chi connectivity index (χ3n) is 4.20. The number of hydrogen-bond donors (Lipinski definition) is 1. The number of nitrogens with one attached hydrogen (secondary N) is 1. The van der Waals surface area contributed by atoms with Gasteiger partial charge in [-0.1, -0.05) is 35.9 Å². The molecule has 0 saturated heterocycles. The van der Waals surface area contributed by atoms with Crippen molar-refractivity contribution in [1.29, 1.82) is 0 Å². The zero-order valence-corrected chi connectivity index (χ0v) is 14.5. The van der Waals surface area contributed by atoms with E-state index in [9.17, 15) is 9.59 Å². The summed E-state index contributed by atoms with van der Waals surface area (Å²) in [6, 6.07) is 10.8. The van der Waals surface area contributed by atoms with Gasteiger partial charge in [-0.3, -0.25) is 14.5 Å². The molecule has 0 bridgehead atoms. The molecule has 6 nitrogen and oxygen atoms in total. The minimum absolute atomic E-state index is 0.0549. The van der Waals surface area contributed by atoms with Crippen molar-refractivity contribution in [2.24, 2.45) is 0 Å². The Kier molecular flexibility index (Phi) is 5.31. The SMILES string of the molecule is COC(=O)[C@H]1Cc2ccccc2CN1CC(=O)Nc1cccnc1Cl. The van der Waals surface area contributed by atoms with Gasteiger partial charge in [-0.2, -0.15) is 0 Å². The van der Waals surface area contributed by atoms with Gasteiger partial charge >= 0.3 is 5.97 Å². The van der Waals surface area contributed by atoms with Crippen LogP contribution in [0.5, 0.6) is 0 Å². The number of halogens is 1. The first kappa shape index (κ1) is 17.4. The highest BCUT2D eigenvalue weighted by molar-refractivity contribution is 6.32. The molecular formula is C18H18ClN3O3. The molecule has 3 rings (SSSR count). The second-order valence-electron chi connectivity index (χ2n) is 5.81. The van der Waals surface area contributed by atoms with E-state index in [1.54, 1.807) is 18.3 Å². The van der Waals surface area contributed by atoms with Crippen molar-refractivity contribution in [2.45, 2.75) is 19.0 Å². The molecule has 1 aromatic carbocycles. The van der Waals surface area contributed by atoms with Crippen molar-refractivity contribution in [3.63, 3.8) is 0 Å². The number of rotatable bonds is 4. The molecule has 0 radical (unpaired) electrons. The summed E-state index contributed by atoms with van der Waals surface area (Å²) in [6.07, 6.45) is 2.07. The summed E-state index contributed by atoms with van der Waals surface area (Å²) in [5, 5.41) is 2.96. The second kappa shape index (κ2) is 7.63. The summed E-state index contributed by atoms with van der Waals surface area (Å²) in [7, 11) is 1.36. The summed E-state index contributed by atoms with van der Waals surface area (Å²) >= 11 is 5.97. The molecule has 2 aromatic rings. The lowest BCUT2D eigenvalue weighted by Crippen LogP contribution is -2.49. The van der Waals surface area contributed by atoms with Crippen LogP contribution in [0.3, 0.4) is 0 Å². The van der Waals surface area contributed by atoms with Gasteiger partial charge in [0.1, 0.15) is 6.04 Å². The van der Waals surface area contributed by atoms with Crippen molar-refractivity contribution in [3.8, 4) is 0 Å². The van der Waals surface area contributed by atoms with E-state index in [1.807, 2.05) is 29.2 Å². The van der Waals surface area contributed by atoms with Gasteiger partial charge in [0.25, 0.3) is 0 Å². The molecule has 1 amide bonds. The molecule has 1 atom stereocenters. The van der Waals surface area contributed by atoms with E-state index in [1.165, 1.54) is 7.11 Å². The summed E-state index contributed by atoms with van der Waals surface area (Å²) in [4.78, 5) is 30.3. The molecule has 0 aliphatic carbocycles. The first-order valence-corrected chi connectivity index (χ1v) is 8.25. The van der Waals surface area contributed by atoms with E-state index in [2.05, 4.69) is 10.3 Å². The lowest BCUT2D eigenvalue weighted by atomic mass is 9.94. The van der Waals surface area contributed by atoms with Crippen LogP contribution in [0.4, 0.5) is 5.69 Å². The van der Waals surface area contributed by atoms with E-state index in [0.29, 0.717) is 18.7 Å². The average molecular weight is 360 g/mol. The zero-order chi connectivity index (χ0) is 17.8. The summed E-state index contributed by atoms with van der Waals surface area (Å²) in [5.74, 6) is -0.607. The largest absolute Gasteiger partial charge is 0.468 e. The monoisotopic (exact) mass is 359 g/mol. The van der Waals surface area contributed by atoms with Gasteiger partial charge in [-0.15, -0.1) is 0 Å². The fourth-order valence-electron chi connectivity index (χ4n) is 2.97. The van der Waals surface area contributed by atoms with Gasteiger partial charge in [-0.05, 0) is 29.7 Å². The van der Waals surface area contributed by atoms with E-state index < -0.39 is 6.04 Å². The topological polar surface area (TPSA) is 71.5 Å². The first-order valence-electron chi connectivity index (χ1n) is 7.87. The summed E-state index contributed by atoms with van der Waals surface area (Å²) < 4.78 is 4.91. The van der Waals surface area contributed by atoms with Gasteiger partial charge in [0.05, 0.1) is 19.3 Å². The predicted molar refractivity (Wildman–Crippen MR) is 94.2 cm³/mol. The molecule has 1 aliphatic rings. The standard InChI is InChI=1S/C18H18ClN3O3/c1-25-18(24)15-9-12-5-2-3-6-13(12)10-22(15)11-16(23)21-14-7-4-8-20-17(14)19/h2-8,15H,9-11H2,1H3,(H,21,23)/t15-/m1/s1. The molecule has 1 aromatic heterocycles. The molecule has 0 fully saturated rings. The van der Waals surface area contributed by atoms with Gasteiger partial charge in [-0.25, -0.2) is 4.98 Å². The quantitative estimate of drug-likeness (QED) is 0.669. The number of fused-ring (bicyclic) bond motifs is 1. The van der Waals surface area contributed by atoms with Crippen molar-refractivity contribution in [2.75, 3.05) is 19.0 Å². The maximum absolute atomic E-state index is 12.4. The Balaban J connectivity index is 1.75. The Labute approximate surface area is 150 Å². The lowest BCUT2D eigenvalue weighted by Gasteiger charge is -2.34. The molecule has 0 saturated carbocycles. The van der Waals surface area contributed by atoms with Crippen molar-refractivity contribution >= 4 is 29.2 Å². The molecule has 0 unspecified atom stereocenters. The van der Waals surface area contributed by atoms with Gasteiger partial charge in [0.15, 0.2) is 5.15 Å². The van der Waals surface area contributed by atoms with Crippen LogP contribution >= 0.6 is 11.6 Å². The van der Waals surface area contributed by atoms with E-state index in [4.69, 9.17) is 16.3 Å². The normalized spacial score (nSPS) is 16.8. The number of hydrogen-bond acceptors (Lipinski definition) is 5. The fraction of sp³-hybridized carbons (Fsp3) is 0.278. The Morgan fingerprint density at radius 3 is 2.76 bits per heavy atom. The zero-order valence-electron chi connectivity index (χ0n) is 13.7.